The summed E-state index contributed by atoms with van der Waals surface area (Å²) in [5, 5.41) is 6.25. The van der Waals surface area contributed by atoms with Crippen molar-refractivity contribution in [3.63, 3.8) is 0 Å². The Balaban J connectivity index is 1.09. The number of piperidine rings is 1. The van der Waals surface area contributed by atoms with Gasteiger partial charge in [-0.15, -0.1) is 0 Å². The van der Waals surface area contributed by atoms with Gasteiger partial charge in [0.25, 0.3) is 5.91 Å². The number of allylic oxidation sites excluding steroid dienone is 2. The maximum absolute atomic E-state index is 12.2. The first-order chi connectivity index (χ1) is 19.8. The van der Waals surface area contributed by atoms with E-state index >= 15 is 0 Å². The van der Waals surface area contributed by atoms with Gasteiger partial charge in [-0.3, -0.25) is 9.52 Å². The van der Waals surface area contributed by atoms with Crippen LogP contribution in [0.15, 0.2) is 59.1 Å². The van der Waals surface area contributed by atoms with Crippen LogP contribution in [-0.2, 0) is 11.0 Å². The second kappa shape index (κ2) is 10.1. The SMILES string of the molecule is Cc1cccc(Cl)c1-c1noc(C2CC2)c1C1=CC2(CCN(c3ccc4nc(C(=O)NS(C)=O)ccc4c3)CC2)C1. The van der Waals surface area contributed by atoms with Gasteiger partial charge in [0, 0.05) is 47.5 Å². The van der Waals surface area contributed by atoms with Crippen LogP contribution in [0.3, 0.4) is 0 Å². The summed E-state index contributed by atoms with van der Waals surface area (Å²) in [6.07, 6.45) is 9.44. The molecule has 9 heteroatoms. The van der Waals surface area contributed by atoms with Gasteiger partial charge in [-0.2, -0.15) is 0 Å². The molecule has 1 spiro atoms. The molecule has 2 fully saturated rings. The van der Waals surface area contributed by atoms with Crippen molar-refractivity contribution in [3.05, 3.63) is 82.2 Å². The average Bonchev–Trinajstić information content (AvgIpc) is 3.70. The van der Waals surface area contributed by atoms with Crippen LogP contribution in [0.2, 0.25) is 5.02 Å². The Hall–Kier alpha value is -3.49. The Morgan fingerprint density at radius 2 is 1.90 bits per heavy atom. The molecular formula is C32H31ClN4O3S. The predicted octanol–water partition coefficient (Wildman–Crippen LogP) is 6.83. The first-order valence-electron chi connectivity index (χ1n) is 14.1. The zero-order valence-corrected chi connectivity index (χ0v) is 24.6. The fraction of sp³-hybridized carbons (Fsp3) is 0.344. The summed E-state index contributed by atoms with van der Waals surface area (Å²) in [7, 11) is -1.43. The lowest BCUT2D eigenvalue weighted by molar-refractivity contribution is 0.0978. The fourth-order valence-electron chi connectivity index (χ4n) is 6.37. The number of aromatic nitrogens is 2. The van der Waals surface area contributed by atoms with E-state index in [-0.39, 0.29) is 11.1 Å². The molecule has 3 aliphatic rings. The minimum absolute atomic E-state index is 0.205. The number of nitrogens with one attached hydrogen (secondary N) is 1. The van der Waals surface area contributed by atoms with Crippen LogP contribution in [0.5, 0.6) is 0 Å². The molecule has 1 amide bonds. The normalized spacial score (nSPS) is 18.7. The van der Waals surface area contributed by atoms with E-state index in [4.69, 9.17) is 16.1 Å². The molecule has 2 aliphatic carbocycles. The number of amides is 1. The van der Waals surface area contributed by atoms with E-state index in [1.807, 2.05) is 24.3 Å². The molecule has 1 saturated carbocycles. The molecule has 41 heavy (non-hydrogen) atoms. The highest BCUT2D eigenvalue weighted by Crippen LogP contribution is 2.56. The van der Waals surface area contributed by atoms with Crippen LogP contribution >= 0.6 is 11.6 Å². The Morgan fingerprint density at radius 3 is 2.61 bits per heavy atom. The molecule has 3 heterocycles. The van der Waals surface area contributed by atoms with Crippen LogP contribution in [0.1, 0.15) is 65.4 Å². The fourth-order valence-corrected chi connectivity index (χ4v) is 7.05. The third-order valence-electron chi connectivity index (χ3n) is 8.74. The summed E-state index contributed by atoms with van der Waals surface area (Å²) >= 11 is 6.66. The first kappa shape index (κ1) is 26.4. The number of hydrogen-bond acceptors (Lipinski definition) is 6. The molecule has 2 aromatic heterocycles. The minimum atomic E-state index is -1.43. The van der Waals surface area contributed by atoms with E-state index in [0.717, 1.165) is 84.4 Å². The maximum Gasteiger partial charge on any atom is 0.281 e. The van der Waals surface area contributed by atoms with Gasteiger partial charge in [-0.25, -0.2) is 9.19 Å². The number of hydrogen-bond donors (Lipinski definition) is 1. The van der Waals surface area contributed by atoms with E-state index in [2.05, 4.69) is 51.0 Å². The smallest absolute Gasteiger partial charge is 0.281 e. The molecule has 2 aromatic carbocycles. The van der Waals surface area contributed by atoms with Gasteiger partial charge in [0.05, 0.1) is 10.5 Å². The standard InChI is InChI=1S/C32H31ClN4O3S/c1-19-4-3-5-24(33)27(19)29-28(30(40-35-29)20-6-7-20)22-17-32(18-22)12-14-37(15-13-32)23-9-11-25-21(16-23)8-10-26(34-25)31(38)36-41(2)39/h3-5,8-11,16-17,20H,6-7,12-15,18H2,1-2H3,(H,36,38). The molecule has 4 aromatic rings. The quantitative estimate of drug-likeness (QED) is 0.266. The molecule has 210 valence electrons. The molecule has 1 saturated heterocycles. The zero-order valence-electron chi connectivity index (χ0n) is 23.1. The van der Waals surface area contributed by atoms with Gasteiger partial charge in [0.15, 0.2) is 0 Å². The highest BCUT2D eigenvalue weighted by Gasteiger charge is 2.44. The highest BCUT2D eigenvalue weighted by atomic mass is 35.5. The second-order valence-corrected chi connectivity index (χ2v) is 13.2. The molecule has 0 bridgehead atoms. The van der Waals surface area contributed by atoms with Crippen molar-refractivity contribution in [1.82, 2.24) is 14.9 Å². The number of anilines is 1. The first-order valence-corrected chi connectivity index (χ1v) is 16.0. The molecule has 1 N–H and O–H groups in total. The average molecular weight is 587 g/mol. The molecule has 7 rings (SSSR count). The lowest BCUT2D eigenvalue weighted by Crippen LogP contribution is -2.42. The molecule has 1 atom stereocenters. The number of rotatable bonds is 6. The highest BCUT2D eigenvalue weighted by molar-refractivity contribution is 7.82. The number of pyridine rings is 1. The van der Waals surface area contributed by atoms with Crippen molar-refractivity contribution in [2.24, 2.45) is 5.41 Å². The molecule has 1 aliphatic heterocycles. The number of benzene rings is 2. The van der Waals surface area contributed by atoms with Crippen molar-refractivity contribution in [3.8, 4) is 11.3 Å². The Kier molecular flexibility index (Phi) is 6.51. The molecule has 0 radical (unpaired) electrons. The number of fused-ring (bicyclic) bond motifs is 1. The summed E-state index contributed by atoms with van der Waals surface area (Å²) in [6.45, 7) is 4.03. The van der Waals surface area contributed by atoms with E-state index in [1.54, 1.807) is 6.07 Å². The Labute approximate surface area is 246 Å². The summed E-state index contributed by atoms with van der Waals surface area (Å²) in [6, 6.07) is 15.7. The van der Waals surface area contributed by atoms with Gasteiger partial charge < -0.3 is 9.42 Å². The molecule has 1 unspecified atom stereocenters. The Morgan fingerprint density at radius 1 is 1.12 bits per heavy atom. The van der Waals surface area contributed by atoms with E-state index in [1.165, 1.54) is 17.4 Å². The number of nitrogens with zero attached hydrogens (tertiary/aromatic N) is 3. The largest absolute Gasteiger partial charge is 0.371 e. The summed E-state index contributed by atoms with van der Waals surface area (Å²) in [5.41, 5.74) is 7.88. The predicted molar refractivity (Wildman–Crippen MR) is 163 cm³/mol. The van der Waals surface area contributed by atoms with Gasteiger partial charge in [-0.05, 0) is 85.9 Å². The molecular weight excluding hydrogens is 556 g/mol. The van der Waals surface area contributed by atoms with Crippen LogP contribution in [0.4, 0.5) is 5.69 Å². The van der Waals surface area contributed by atoms with Crippen LogP contribution in [0, 0.1) is 12.3 Å². The third kappa shape index (κ3) is 4.87. The zero-order chi connectivity index (χ0) is 28.3. The maximum atomic E-state index is 12.2. The van der Waals surface area contributed by atoms with Gasteiger partial charge in [-0.1, -0.05) is 41.0 Å². The topological polar surface area (TPSA) is 88.3 Å². The van der Waals surface area contributed by atoms with Crippen molar-refractivity contribution in [1.29, 1.82) is 0 Å². The van der Waals surface area contributed by atoms with E-state index in [0.29, 0.717) is 10.9 Å². The number of aryl methyl sites for hydroxylation is 1. The van der Waals surface area contributed by atoms with E-state index < -0.39 is 16.9 Å². The van der Waals surface area contributed by atoms with Crippen LogP contribution in [-0.4, -0.2) is 39.6 Å². The van der Waals surface area contributed by atoms with E-state index in [9.17, 15) is 9.00 Å². The second-order valence-electron chi connectivity index (χ2n) is 11.6. The van der Waals surface area contributed by atoms with Crippen LogP contribution < -0.4 is 9.62 Å². The van der Waals surface area contributed by atoms with Crippen molar-refractivity contribution < 1.29 is 13.5 Å². The lowest BCUT2D eigenvalue weighted by Gasteiger charge is -2.47. The van der Waals surface area contributed by atoms with Gasteiger partial charge in [0.2, 0.25) is 0 Å². The third-order valence-corrected chi connectivity index (χ3v) is 9.52. The van der Waals surface area contributed by atoms with Crippen LogP contribution in [0.25, 0.3) is 27.7 Å². The summed E-state index contributed by atoms with van der Waals surface area (Å²) in [4.78, 5) is 19.1. The number of carbonyl (C=O) groups is 1. The van der Waals surface area contributed by atoms with Crippen molar-refractivity contribution in [2.45, 2.75) is 44.9 Å². The Bertz CT molecular complexity index is 1730. The van der Waals surface area contributed by atoms with Gasteiger partial charge >= 0.3 is 0 Å². The monoisotopic (exact) mass is 586 g/mol. The van der Waals surface area contributed by atoms with Crippen molar-refractivity contribution >= 4 is 50.7 Å². The number of halogens is 1. The summed E-state index contributed by atoms with van der Waals surface area (Å²) in [5.74, 6) is 1.07. The number of carbonyl (C=O) groups excluding carboxylic acids is 1. The molecule has 7 nitrogen and oxygen atoms in total. The summed E-state index contributed by atoms with van der Waals surface area (Å²) < 4.78 is 19.7. The van der Waals surface area contributed by atoms with Crippen molar-refractivity contribution in [2.75, 3.05) is 24.2 Å². The van der Waals surface area contributed by atoms with Gasteiger partial charge in [0.1, 0.15) is 28.1 Å². The lowest BCUT2D eigenvalue weighted by atomic mass is 9.63. The minimum Gasteiger partial charge on any atom is -0.371 e.